The number of rotatable bonds is 5. The molecule has 2 aliphatic rings. The first kappa shape index (κ1) is 14.1. The molecule has 104 valence electrons. The van der Waals surface area contributed by atoms with Crippen LogP contribution in [0.3, 0.4) is 0 Å². The van der Waals surface area contributed by atoms with Gasteiger partial charge in [-0.1, -0.05) is 45.1 Å². The van der Waals surface area contributed by atoms with Crippen molar-refractivity contribution in [2.24, 2.45) is 5.73 Å². The van der Waals surface area contributed by atoms with Crippen molar-refractivity contribution < 1.29 is 0 Å². The molecule has 0 unspecified atom stereocenters. The van der Waals surface area contributed by atoms with Crippen LogP contribution in [0.25, 0.3) is 0 Å². The monoisotopic (exact) mass is 250 g/mol. The van der Waals surface area contributed by atoms with Gasteiger partial charge in [-0.15, -0.1) is 0 Å². The molecule has 2 aliphatic carbocycles. The van der Waals surface area contributed by atoms with Crippen molar-refractivity contribution in [3.63, 3.8) is 0 Å². The van der Waals surface area contributed by atoms with Crippen LogP contribution in [-0.2, 0) is 0 Å². The first-order valence-corrected chi connectivity index (χ1v) is 7.93. The Hall–Kier alpha value is -0.340. The first-order chi connectivity index (χ1) is 8.81. The molecule has 2 fully saturated rings. The summed E-state index contributed by atoms with van der Waals surface area (Å²) in [6.07, 6.45) is 14.1. The van der Waals surface area contributed by atoms with Crippen LogP contribution in [0.5, 0.6) is 0 Å². The Labute approximate surface area is 113 Å². The number of hydrogen-bond acceptors (Lipinski definition) is 2. The van der Waals surface area contributed by atoms with E-state index in [9.17, 15) is 0 Å². The van der Waals surface area contributed by atoms with Gasteiger partial charge in [-0.3, -0.25) is 4.90 Å². The van der Waals surface area contributed by atoms with Gasteiger partial charge in [-0.05, 0) is 31.3 Å². The highest BCUT2D eigenvalue weighted by Gasteiger charge is 2.28. The molecule has 0 aromatic carbocycles. The van der Waals surface area contributed by atoms with Crippen molar-refractivity contribution in [1.29, 1.82) is 0 Å². The van der Waals surface area contributed by atoms with Crippen LogP contribution in [-0.4, -0.2) is 30.1 Å². The topological polar surface area (TPSA) is 29.3 Å². The molecule has 0 aromatic heterocycles. The lowest BCUT2D eigenvalue weighted by atomic mass is 9.88. The Morgan fingerprint density at radius 3 is 1.72 bits per heavy atom. The molecule has 0 aromatic rings. The first-order valence-electron chi connectivity index (χ1n) is 7.93. The van der Waals surface area contributed by atoms with Gasteiger partial charge in [0.15, 0.2) is 0 Å². The molecule has 0 saturated heterocycles. The molecule has 0 spiro atoms. The highest BCUT2D eigenvalue weighted by atomic mass is 15.2. The Bertz CT molecular complexity index is 232. The van der Waals surface area contributed by atoms with E-state index in [1.807, 2.05) is 0 Å². The highest BCUT2D eigenvalue weighted by molar-refractivity contribution is 5.01. The summed E-state index contributed by atoms with van der Waals surface area (Å²) in [5, 5.41) is 0. The number of hydrogen-bond donors (Lipinski definition) is 1. The van der Waals surface area contributed by atoms with Gasteiger partial charge in [0.2, 0.25) is 0 Å². The standard InChI is InChI=1S/C16H30N2/c1-14(12-17)13-18(15-8-4-2-5-9-15)16-10-6-3-7-11-16/h15-16H,1-13,17H2. The molecule has 2 heteroatoms. The summed E-state index contributed by atoms with van der Waals surface area (Å²) in [6, 6.07) is 1.62. The molecule has 2 N–H and O–H groups in total. The summed E-state index contributed by atoms with van der Waals surface area (Å²) in [4.78, 5) is 2.77. The molecule has 0 heterocycles. The van der Waals surface area contributed by atoms with E-state index in [1.54, 1.807) is 0 Å². The lowest BCUT2D eigenvalue weighted by Crippen LogP contribution is -2.46. The minimum atomic E-state index is 0.649. The zero-order chi connectivity index (χ0) is 12.8. The predicted molar refractivity (Wildman–Crippen MR) is 78.6 cm³/mol. The van der Waals surface area contributed by atoms with Crippen molar-refractivity contribution >= 4 is 0 Å². The van der Waals surface area contributed by atoms with Crippen molar-refractivity contribution in [3.8, 4) is 0 Å². The lowest BCUT2D eigenvalue weighted by Gasteiger charge is -2.42. The quantitative estimate of drug-likeness (QED) is 0.757. The number of nitrogens with zero attached hydrogens (tertiary/aromatic N) is 1. The molecule has 18 heavy (non-hydrogen) atoms. The summed E-state index contributed by atoms with van der Waals surface area (Å²) >= 11 is 0. The smallest absolute Gasteiger partial charge is 0.0208 e. The maximum Gasteiger partial charge on any atom is 0.0208 e. The van der Waals surface area contributed by atoms with Crippen LogP contribution in [0, 0.1) is 0 Å². The van der Waals surface area contributed by atoms with E-state index >= 15 is 0 Å². The van der Waals surface area contributed by atoms with Crippen molar-refractivity contribution in [2.45, 2.75) is 76.3 Å². The van der Waals surface area contributed by atoms with Crippen LogP contribution in [0.15, 0.2) is 12.2 Å². The SMILES string of the molecule is C=C(CN)CN(C1CCCCC1)C1CCCCC1. The molecular weight excluding hydrogens is 220 g/mol. The normalized spacial score (nSPS) is 23.4. The molecule has 0 radical (unpaired) electrons. The van der Waals surface area contributed by atoms with Gasteiger partial charge in [0.05, 0.1) is 0 Å². The fraction of sp³-hybridized carbons (Fsp3) is 0.875. The molecular formula is C16H30N2. The van der Waals surface area contributed by atoms with Crippen LogP contribution in [0.1, 0.15) is 64.2 Å². The summed E-state index contributed by atoms with van der Waals surface area (Å²) < 4.78 is 0. The van der Waals surface area contributed by atoms with E-state index < -0.39 is 0 Å². The number of nitrogens with two attached hydrogens (primary N) is 1. The second-order valence-corrected chi connectivity index (χ2v) is 6.21. The van der Waals surface area contributed by atoms with Crippen LogP contribution >= 0.6 is 0 Å². The summed E-state index contributed by atoms with van der Waals surface area (Å²) in [6.45, 7) is 5.83. The fourth-order valence-corrected chi connectivity index (χ4v) is 3.70. The third kappa shape index (κ3) is 3.83. The van der Waals surface area contributed by atoms with Crippen LogP contribution in [0.2, 0.25) is 0 Å². The van der Waals surface area contributed by atoms with Gasteiger partial charge in [0, 0.05) is 25.2 Å². The Balaban J connectivity index is 1.97. The van der Waals surface area contributed by atoms with E-state index in [0.717, 1.165) is 18.6 Å². The largest absolute Gasteiger partial charge is 0.327 e. The molecule has 2 saturated carbocycles. The maximum atomic E-state index is 5.75. The third-order valence-corrected chi connectivity index (χ3v) is 4.78. The Kier molecular flexibility index (Phi) is 5.71. The second kappa shape index (κ2) is 7.30. The van der Waals surface area contributed by atoms with Crippen LogP contribution < -0.4 is 5.73 Å². The average Bonchev–Trinajstić information content (AvgIpc) is 2.46. The molecule has 2 rings (SSSR count). The van der Waals surface area contributed by atoms with E-state index in [4.69, 9.17) is 5.73 Å². The van der Waals surface area contributed by atoms with E-state index in [-0.39, 0.29) is 0 Å². The molecule has 0 bridgehead atoms. The van der Waals surface area contributed by atoms with Gasteiger partial charge < -0.3 is 5.73 Å². The summed E-state index contributed by atoms with van der Waals surface area (Å²) in [5.74, 6) is 0. The molecule has 2 nitrogen and oxygen atoms in total. The molecule has 0 amide bonds. The van der Waals surface area contributed by atoms with E-state index in [1.165, 1.54) is 69.8 Å². The van der Waals surface area contributed by atoms with Crippen molar-refractivity contribution in [2.75, 3.05) is 13.1 Å². The zero-order valence-electron chi connectivity index (χ0n) is 11.9. The van der Waals surface area contributed by atoms with Gasteiger partial charge >= 0.3 is 0 Å². The second-order valence-electron chi connectivity index (χ2n) is 6.21. The average molecular weight is 250 g/mol. The molecule has 0 aliphatic heterocycles. The van der Waals surface area contributed by atoms with Gasteiger partial charge in [0.1, 0.15) is 0 Å². The molecule has 0 atom stereocenters. The highest BCUT2D eigenvalue weighted by Crippen LogP contribution is 2.30. The van der Waals surface area contributed by atoms with Crippen molar-refractivity contribution in [3.05, 3.63) is 12.2 Å². The van der Waals surface area contributed by atoms with Gasteiger partial charge in [-0.25, -0.2) is 0 Å². The third-order valence-electron chi connectivity index (χ3n) is 4.78. The van der Waals surface area contributed by atoms with Gasteiger partial charge in [-0.2, -0.15) is 0 Å². The van der Waals surface area contributed by atoms with Crippen molar-refractivity contribution in [1.82, 2.24) is 4.90 Å². The summed E-state index contributed by atoms with van der Waals surface area (Å²) in [7, 11) is 0. The predicted octanol–water partition coefficient (Wildman–Crippen LogP) is 3.47. The minimum Gasteiger partial charge on any atom is -0.327 e. The summed E-state index contributed by atoms with van der Waals surface area (Å²) in [5.41, 5.74) is 6.97. The minimum absolute atomic E-state index is 0.649. The Morgan fingerprint density at radius 2 is 1.33 bits per heavy atom. The lowest BCUT2D eigenvalue weighted by molar-refractivity contribution is 0.0909. The van der Waals surface area contributed by atoms with Gasteiger partial charge in [0.25, 0.3) is 0 Å². The zero-order valence-corrected chi connectivity index (χ0v) is 11.9. The fourth-order valence-electron chi connectivity index (χ4n) is 3.70. The van der Waals surface area contributed by atoms with E-state index in [2.05, 4.69) is 11.5 Å². The Morgan fingerprint density at radius 1 is 0.889 bits per heavy atom. The van der Waals surface area contributed by atoms with Crippen LogP contribution in [0.4, 0.5) is 0 Å². The van der Waals surface area contributed by atoms with E-state index in [0.29, 0.717) is 6.54 Å². The maximum absolute atomic E-state index is 5.75.